The molecule has 1 rings (SSSR count). The summed E-state index contributed by atoms with van der Waals surface area (Å²) in [6.07, 6.45) is 11.4. The Balaban J connectivity index is 2.04. The van der Waals surface area contributed by atoms with E-state index in [1.54, 1.807) is 0 Å². The Morgan fingerprint density at radius 2 is 1.89 bits per heavy atom. The number of nitrogens with one attached hydrogen (secondary N) is 1. The van der Waals surface area contributed by atoms with Crippen LogP contribution in [0.4, 0.5) is 0 Å². The lowest BCUT2D eigenvalue weighted by Gasteiger charge is -2.08. The molecule has 0 bridgehead atoms. The fourth-order valence-electron chi connectivity index (χ4n) is 2.15. The summed E-state index contributed by atoms with van der Waals surface area (Å²) in [6, 6.07) is 2.63. The lowest BCUT2D eigenvalue weighted by Crippen LogP contribution is -2.15. The Morgan fingerprint density at radius 3 is 2.63 bits per heavy atom. The van der Waals surface area contributed by atoms with Gasteiger partial charge in [0.15, 0.2) is 0 Å². The minimum absolute atomic E-state index is 0.507. The number of aromatic nitrogens is 2. The van der Waals surface area contributed by atoms with Gasteiger partial charge in [0.2, 0.25) is 0 Å². The number of hydrogen-bond acceptors (Lipinski definition) is 2. The third kappa shape index (κ3) is 6.76. The van der Waals surface area contributed by atoms with Crippen LogP contribution in [0.2, 0.25) is 0 Å². The number of unbranched alkanes of at least 4 members (excludes halogenated alkanes) is 5. The summed E-state index contributed by atoms with van der Waals surface area (Å²) in [4.78, 5) is 0. The molecule has 1 unspecified atom stereocenters. The second kappa shape index (κ2) is 10.0. The second-order valence-corrected chi connectivity index (χ2v) is 5.49. The molecule has 0 radical (unpaired) electrons. The third-order valence-corrected chi connectivity index (χ3v) is 3.72. The number of nitrogens with zero attached hydrogens (tertiary/aromatic N) is 2. The van der Waals surface area contributed by atoms with Crippen molar-refractivity contribution in [2.75, 3.05) is 6.54 Å². The van der Waals surface area contributed by atoms with Gasteiger partial charge in [-0.05, 0) is 32.4 Å². The predicted octanol–water partition coefficient (Wildman–Crippen LogP) is 4.30. The van der Waals surface area contributed by atoms with E-state index in [0.29, 0.717) is 6.04 Å². The Morgan fingerprint density at radius 1 is 1.16 bits per heavy atom. The lowest BCUT2D eigenvalue weighted by atomic mass is 10.1. The van der Waals surface area contributed by atoms with E-state index in [9.17, 15) is 0 Å². The molecular formula is C16H31N3. The first-order chi connectivity index (χ1) is 9.27. The number of hydrogen-bond donors (Lipinski definition) is 1. The van der Waals surface area contributed by atoms with Crippen molar-refractivity contribution in [2.24, 2.45) is 0 Å². The molecule has 0 aromatic carbocycles. The molecule has 1 aromatic heterocycles. The minimum Gasteiger partial charge on any atom is -0.311 e. The molecule has 1 heterocycles. The molecule has 0 saturated heterocycles. The molecule has 3 nitrogen and oxygen atoms in total. The SMILES string of the molecule is CCCCCCCCNCc1ccn(C(C)CC)n1. The molecular weight excluding hydrogens is 234 g/mol. The summed E-state index contributed by atoms with van der Waals surface area (Å²) in [5.74, 6) is 0. The quantitative estimate of drug-likeness (QED) is 0.604. The highest BCUT2D eigenvalue weighted by atomic mass is 15.3. The Bertz CT molecular complexity index is 320. The van der Waals surface area contributed by atoms with E-state index in [4.69, 9.17) is 0 Å². The fraction of sp³-hybridized carbons (Fsp3) is 0.812. The Kier molecular flexibility index (Phi) is 8.55. The van der Waals surface area contributed by atoms with E-state index in [0.717, 1.165) is 25.2 Å². The monoisotopic (exact) mass is 265 g/mol. The van der Waals surface area contributed by atoms with E-state index in [1.807, 2.05) is 0 Å². The van der Waals surface area contributed by atoms with E-state index < -0.39 is 0 Å². The predicted molar refractivity (Wildman–Crippen MR) is 82.3 cm³/mol. The fourth-order valence-corrected chi connectivity index (χ4v) is 2.15. The molecule has 0 aliphatic carbocycles. The van der Waals surface area contributed by atoms with E-state index in [1.165, 1.54) is 38.5 Å². The standard InChI is InChI=1S/C16H31N3/c1-4-6-7-8-9-10-12-17-14-16-11-13-19(18-16)15(3)5-2/h11,13,15,17H,4-10,12,14H2,1-3H3. The van der Waals surface area contributed by atoms with E-state index >= 15 is 0 Å². The third-order valence-electron chi connectivity index (χ3n) is 3.72. The van der Waals surface area contributed by atoms with Crippen molar-refractivity contribution in [3.8, 4) is 0 Å². The highest BCUT2D eigenvalue weighted by molar-refractivity contribution is 4.99. The van der Waals surface area contributed by atoms with Crippen LogP contribution in [0.5, 0.6) is 0 Å². The summed E-state index contributed by atoms with van der Waals surface area (Å²) >= 11 is 0. The summed E-state index contributed by atoms with van der Waals surface area (Å²) in [7, 11) is 0. The van der Waals surface area contributed by atoms with Gasteiger partial charge in [0.1, 0.15) is 0 Å². The van der Waals surface area contributed by atoms with Crippen molar-refractivity contribution in [2.45, 2.75) is 78.3 Å². The first kappa shape index (κ1) is 16.2. The minimum atomic E-state index is 0.507. The maximum Gasteiger partial charge on any atom is 0.0762 e. The zero-order valence-electron chi connectivity index (χ0n) is 13.0. The summed E-state index contributed by atoms with van der Waals surface area (Å²) in [6.45, 7) is 8.68. The van der Waals surface area contributed by atoms with Crippen molar-refractivity contribution in [3.63, 3.8) is 0 Å². The molecule has 3 heteroatoms. The Labute approximate surface area is 118 Å². The molecule has 0 spiro atoms. The van der Waals surface area contributed by atoms with Crippen LogP contribution in [0.1, 0.15) is 77.5 Å². The molecule has 1 N–H and O–H groups in total. The van der Waals surface area contributed by atoms with Gasteiger partial charge in [-0.25, -0.2) is 0 Å². The molecule has 19 heavy (non-hydrogen) atoms. The highest BCUT2D eigenvalue weighted by Gasteiger charge is 2.03. The van der Waals surface area contributed by atoms with Crippen molar-refractivity contribution >= 4 is 0 Å². The molecule has 0 saturated carbocycles. The lowest BCUT2D eigenvalue weighted by molar-refractivity contribution is 0.470. The van der Waals surface area contributed by atoms with E-state index in [-0.39, 0.29) is 0 Å². The molecule has 1 atom stereocenters. The van der Waals surface area contributed by atoms with Crippen molar-refractivity contribution in [3.05, 3.63) is 18.0 Å². The molecule has 0 aliphatic rings. The average Bonchev–Trinajstić information content (AvgIpc) is 2.89. The van der Waals surface area contributed by atoms with Crippen LogP contribution in [0.15, 0.2) is 12.3 Å². The van der Waals surface area contributed by atoms with E-state index in [2.05, 4.69) is 48.1 Å². The summed E-state index contributed by atoms with van der Waals surface area (Å²) in [5.41, 5.74) is 1.16. The van der Waals surface area contributed by atoms with Crippen LogP contribution in [0, 0.1) is 0 Å². The molecule has 1 aromatic rings. The zero-order valence-corrected chi connectivity index (χ0v) is 13.0. The molecule has 110 valence electrons. The first-order valence-electron chi connectivity index (χ1n) is 8.02. The van der Waals surface area contributed by atoms with Gasteiger partial charge in [0.05, 0.1) is 5.69 Å². The van der Waals surface area contributed by atoms with Crippen molar-refractivity contribution in [1.29, 1.82) is 0 Å². The topological polar surface area (TPSA) is 29.9 Å². The van der Waals surface area contributed by atoms with Crippen molar-refractivity contribution in [1.82, 2.24) is 15.1 Å². The maximum absolute atomic E-state index is 4.59. The molecule has 0 amide bonds. The zero-order chi connectivity index (χ0) is 13.9. The smallest absolute Gasteiger partial charge is 0.0762 e. The number of rotatable bonds is 11. The molecule has 0 aliphatic heterocycles. The highest BCUT2D eigenvalue weighted by Crippen LogP contribution is 2.09. The van der Waals surface area contributed by atoms with Crippen LogP contribution in [-0.4, -0.2) is 16.3 Å². The van der Waals surface area contributed by atoms with Crippen LogP contribution in [-0.2, 0) is 6.54 Å². The van der Waals surface area contributed by atoms with Gasteiger partial charge >= 0.3 is 0 Å². The average molecular weight is 265 g/mol. The van der Waals surface area contributed by atoms with Gasteiger partial charge in [-0.3, -0.25) is 4.68 Å². The van der Waals surface area contributed by atoms with Gasteiger partial charge in [0, 0.05) is 18.8 Å². The van der Waals surface area contributed by atoms with Gasteiger partial charge in [-0.2, -0.15) is 5.10 Å². The van der Waals surface area contributed by atoms with Crippen LogP contribution in [0.25, 0.3) is 0 Å². The summed E-state index contributed by atoms with van der Waals surface area (Å²) in [5, 5.41) is 8.08. The Hall–Kier alpha value is -0.830. The largest absolute Gasteiger partial charge is 0.311 e. The van der Waals surface area contributed by atoms with Crippen LogP contribution in [0.3, 0.4) is 0 Å². The normalized spacial score (nSPS) is 12.8. The molecule has 0 fully saturated rings. The maximum atomic E-state index is 4.59. The van der Waals surface area contributed by atoms with Gasteiger partial charge in [-0.1, -0.05) is 46.0 Å². The summed E-state index contributed by atoms with van der Waals surface area (Å²) < 4.78 is 2.07. The van der Waals surface area contributed by atoms with Gasteiger partial charge in [0.25, 0.3) is 0 Å². The van der Waals surface area contributed by atoms with Crippen molar-refractivity contribution < 1.29 is 0 Å². The second-order valence-electron chi connectivity index (χ2n) is 5.49. The van der Waals surface area contributed by atoms with Crippen LogP contribution < -0.4 is 5.32 Å². The van der Waals surface area contributed by atoms with Crippen LogP contribution >= 0.6 is 0 Å². The first-order valence-corrected chi connectivity index (χ1v) is 8.02. The van der Waals surface area contributed by atoms with Gasteiger partial charge < -0.3 is 5.32 Å². The van der Waals surface area contributed by atoms with Gasteiger partial charge in [-0.15, -0.1) is 0 Å².